The molecular weight excluding hydrogens is 204 g/mol. The predicted molar refractivity (Wildman–Crippen MR) is 43.0 cm³/mol. The van der Waals surface area contributed by atoms with Gasteiger partial charge >= 0.3 is 23.9 Å². The van der Waals surface area contributed by atoms with Crippen molar-refractivity contribution in [2.24, 2.45) is 11.8 Å². The van der Waals surface area contributed by atoms with Crippen LogP contribution in [0.4, 0.5) is 0 Å². The van der Waals surface area contributed by atoms with Crippen LogP contribution in [-0.4, -0.2) is 23.9 Å². The Kier molecular flexibility index (Phi) is 2.26. The summed E-state index contributed by atoms with van der Waals surface area (Å²) in [5.74, 6) is -3.68. The molecule has 2 aliphatic heterocycles. The third kappa shape index (κ3) is 1.88. The van der Waals surface area contributed by atoms with Crippen LogP contribution >= 0.6 is 0 Å². The molecule has 0 bridgehead atoms. The first kappa shape index (κ1) is 9.82. The van der Waals surface area contributed by atoms with Crippen LogP contribution < -0.4 is 0 Å². The summed E-state index contributed by atoms with van der Waals surface area (Å²) < 4.78 is 8.68. The molecule has 2 heterocycles. The van der Waals surface area contributed by atoms with Crippen LogP contribution in [-0.2, 0) is 28.7 Å². The van der Waals surface area contributed by atoms with Gasteiger partial charge in [0.2, 0.25) is 0 Å². The summed E-state index contributed by atoms with van der Waals surface area (Å²) in [7, 11) is 0. The number of hydrogen-bond donors (Lipinski definition) is 0. The summed E-state index contributed by atoms with van der Waals surface area (Å²) in [4.78, 5) is 43.9. The van der Waals surface area contributed by atoms with Crippen molar-refractivity contribution in [3.05, 3.63) is 0 Å². The van der Waals surface area contributed by atoms with Gasteiger partial charge in [-0.2, -0.15) is 0 Å². The number of hydrogen-bond acceptors (Lipinski definition) is 6. The number of ether oxygens (including phenoxy) is 2. The minimum atomic E-state index is -0.672. The van der Waals surface area contributed by atoms with E-state index in [4.69, 9.17) is 0 Å². The molecule has 80 valence electrons. The van der Waals surface area contributed by atoms with E-state index in [1.54, 1.807) is 0 Å². The molecule has 0 N–H and O–H groups in total. The van der Waals surface area contributed by atoms with E-state index in [1.165, 1.54) is 0 Å². The van der Waals surface area contributed by atoms with Crippen LogP contribution in [0, 0.1) is 11.8 Å². The molecule has 0 amide bonds. The smallest absolute Gasteiger partial charge is 0.317 e. The molecule has 6 nitrogen and oxygen atoms in total. The summed E-state index contributed by atoms with van der Waals surface area (Å²) in [5.41, 5.74) is 0. The Hall–Kier alpha value is -1.72. The zero-order valence-electron chi connectivity index (χ0n) is 7.73. The average molecular weight is 212 g/mol. The van der Waals surface area contributed by atoms with Gasteiger partial charge in [-0.3, -0.25) is 19.2 Å². The molecule has 0 aromatic heterocycles. The van der Waals surface area contributed by atoms with Crippen molar-refractivity contribution >= 4 is 23.9 Å². The Morgan fingerprint density at radius 2 is 1.33 bits per heavy atom. The molecule has 1 atom stereocenters. The lowest BCUT2D eigenvalue weighted by molar-refractivity contribution is -0.166. The summed E-state index contributed by atoms with van der Waals surface area (Å²) in [5, 5.41) is 0. The van der Waals surface area contributed by atoms with Gasteiger partial charge in [0, 0.05) is 0 Å². The molecule has 0 spiro atoms. The maximum atomic E-state index is 11.2. The monoisotopic (exact) mass is 212 g/mol. The van der Waals surface area contributed by atoms with Crippen molar-refractivity contribution in [1.29, 1.82) is 0 Å². The molecule has 2 rings (SSSR count). The molecule has 1 unspecified atom stereocenters. The minimum Gasteiger partial charge on any atom is -0.393 e. The highest BCUT2D eigenvalue weighted by Gasteiger charge is 2.43. The first-order valence-corrected chi connectivity index (χ1v) is 4.54. The molecule has 2 aliphatic rings. The second kappa shape index (κ2) is 3.45. The number of carbonyl (C=O) groups is 4. The van der Waals surface area contributed by atoms with Crippen molar-refractivity contribution in [3.63, 3.8) is 0 Å². The lowest BCUT2D eigenvalue weighted by Gasteiger charge is -2.21. The van der Waals surface area contributed by atoms with Crippen LogP contribution in [0.2, 0.25) is 0 Å². The molecule has 0 radical (unpaired) electrons. The highest BCUT2D eigenvalue weighted by molar-refractivity contribution is 5.96. The van der Waals surface area contributed by atoms with Gasteiger partial charge in [-0.1, -0.05) is 0 Å². The Labute approximate surface area is 84.5 Å². The zero-order valence-corrected chi connectivity index (χ0v) is 7.73. The average Bonchev–Trinajstić information content (AvgIpc) is 2.43. The quantitative estimate of drug-likeness (QED) is 0.432. The minimum absolute atomic E-state index is 0.0151. The van der Waals surface area contributed by atoms with E-state index in [2.05, 4.69) is 9.47 Å². The van der Waals surface area contributed by atoms with E-state index in [9.17, 15) is 19.2 Å². The molecule has 0 saturated carbocycles. The Bertz CT molecular complexity index is 342. The van der Waals surface area contributed by atoms with E-state index in [0.717, 1.165) is 0 Å². The molecule has 0 aromatic carbocycles. The van der Waals surface area contributed by atoms with Crippen LogP contribution in [0.25, 0.3) is 0 Å². The Morgan fingerprint density at radius 1 is 0.800 bits per heavy atom. The van der Waals surface area contributed by atoms with E-state index < -0.39 is 35.7 Å². The van der Waals surface area contributed by atoms with Gasteiger partial charge in [-0.25, -0.2) is 0 Å². The normalized spacial score (nSPS) is 27.9. The van der Waals surface area contributed by atoms with Gasteiger partial charge in [0.1, 0.15) is 0 Å². The number of esters is 4. The summed E-state index contributed by atoms with van der Waals surface area (Å²) >= 11 is 0. The number of carbonyl (C=O) groups excluding carboxylic acids is 4. The fraction of sp³-hybridized carbons (Fsp3) is 0.556. The fourth-order valence-corrected chi connectivity index (χ4v) is 1.85. The second-order valence-corrected chi connectivity index (χ2v) is 3.62. The number of rotatable bonds is 1. The lowest BCUT2D eigenvalue weighted by Crippen LogP contribution is -2.31. The van der Waals surface area contributed by atoms with E-state index in [1.807, 2.05) is 0 Å². The maximum absolute atomic E-state index is 11.2. The molecule has 6 heteroatoms. The first-order chi connectivity index (χ1) is 7.06. The molecule has 2 saturated heterocycles. The van der Waals surface area contributed by atoms with Gasteiger partial charge in [-0.15, -0.1) is 0 Å². The van der Waals surface area contributed by atoms with Gasteiger partial charge in [0.25, 0.3) is 0 Å². The van der Waals surface area contributed by atoms with Crippen LogP contribution in [0.5, 0.6) is 0 Å². The largest absolute Gasteiger partial charge is 0.393 e. The predicted octanol–water partition coefficient (Wildman–Crippen LogP) is -0.444. The van der Waals surface area contributed by atoms with Crippen molar-refractivity contribution in [1.82, 2.24) is 0 Å². The number of cyclic esters (lactones) is 4. The van der Waals surface area contributed by atoms with Crippen molar-refractivity contribution in [2.75, 3.05) is 0 Å². The van der Waals surface area contributed by atoms with E-state index in [-0.39, 0.29) is 19.3 Å². The Balaban J connectivity index is 2.10. The first-order valence-electron chi connectivity index (χ1n) is 4.54. The van der Waals surface area contributed by atoms with Crippen molar-refractivity contribution in [3.8, 4) is 0 Å². The van der Waals surface area contributed by atoms with Crippen LogP contribution in [0.15, 0.2) is 0 Å². The molecule has 0 aromatic rings. The van der Waals surface area contributed by atoms with Gasteiger partial charge in [0.15, 0.2) is 0 Å². The molecular formula is C9H8O6. The lowest BCUT2D eigenvalue weighted by atomic mass is 9.84. The van der Waals surface area contributed by atoms with Crippen LogP contribution in [0.3, 0.4) is 0 Å². The summed E-state index contributed by atoms with van der Waals surface area (Å²) in [6.07, 6.45) is -0.0817. The van der Waals surface area contributed by atoms with Gasteiger partial charge in [0.05, 0.1) is 25.2 Å². The van der Waals surface area contributed by atoms with Gasteiger partial charge in [-0.05, 0) is 5.92 Å². The third-order valence-electron chi connectivity index (χ3n) is 2.56. The van der Waals surface area contributed by atoms with E-state index >= 15 is 0 Å². The summed E-state index contributed by atoms with van der Waals surface area (Å²) in [6.45, 7) is 0. The molecule has 15 heavy (non-hydrogen) atoms. The SMILES string of the molecule is O=C1CC(C2CC(=O)OC2=O)CC(=O)O1. The van der Waals surface area contributed by atoms with Gasteiger partial charge < -0.3 is 9.47 Å². The molecule has 0 aliphatic carbocycles. The fourth-order valence-electron chi connectivity index (χ4n) is 1.85. The molecule has 2 fully saturated rings. The van der Waals surface area contributed by atoms with Crippen LogP contribution in [0.1, 0.15) is 19.3 Å². The maximum Gasteiger partial charge on any atom is 0.317 e. The highest BCUT2D eigenvalue weighted by Crippen LogP contribution is 2.32. The highest BCUT2D eigenvalue weighted by atomic mass is 16.6. The second-order valence-electron chi connectivity index (χ2n) is 3.62. The zero-order chi connectivity index (χ0) is 11.0. The Morgan fingerprint density at radius 3 is 1.80 bits per heavy atom. The third-order valence-corrected chi connectivity index (χ3v) is 2.56. The topological polar surface area (TPSA) is 86.7 Å². The van der Waals surface area contributed by atoms with E-state index in [0.29, 0.717) is 0 Å². The summed E-state index contributed by atoms with van der Waals surface area (Å²) in [6, 6.07) is 0. The standard InChI is InChI=1S/C9H8O6/c10-6-1-4(2-7(11)14-6)5-3-8(12)15-9(5)13/h4-5H,1-3H2. The van der Waals surface area contributed by atoms with Crippen molar-refractivity contribution < 1.29 is 28.7 Å². The van der Waals surface area contributed by atoms with Crippen molar-refractivity contribution in [2.45, 2.75) is 19.3 Å².